The van der Waals surface area contributed by atoms with Crippen LogP contribution >= 0.6 is 15.9 Å². The van der Waals surface area contributed by atoms with Gasteiger partial charge in [0, 0.05) is 23.7 Å². The molecular formula is C12H13BrF2O. The third-order valence-electron chi connectivity index (χ3n) is 2.30. The summed E-state index contributed by atoms with van der Waals surface area (Å²) in [5, 5.41) is 0.771. The fraction of sp³-hybridized carbons (Fsp3) is 0.417. The predicted octanol–water partition coefficient (Wildman–Crippen LogP) is 3.64. The summed E-state index contributed by atoms with van der Waals surface area (Å²) in [6.07, 6.45) is 1.56. The molecule has 0 aliphatic rings. The van der Waals surface area contributed by atoms with E-state index in [0.717, 1.165) is 11.8 Å². The van der Waals surface area contributed by atoms with Crippen LogP contribution in [-0.2, 0) is 11.2 Å². The van der Waals surface area contributed by atoms with Crippen molar-refractivity contribution in [3.05, 3.63) is 35.4 Å². The van der Waals surface area contributed by atoms with Crippen LogP contribution in [0.25, 0.3) is 0 Å². The molecule has 1 rings (SSSR count). The molecule has 0 heterocycles. The van der Waals surface area contributed by atoms with Crippen molar-refractivity contribution in [2.24, 2.45) is 0 Å². The lowest BCUT2D eigenvalue weighted by molar-refractivity contribution is -0.119. The van der Waals surface area contributed by atoms with Crippen LogP contribution < -0.4 is 0 Å². The zero-order valence-corrected chi connectivity index (χ0v) is 10.4. The summed E-state index contributed by atoms with van der Waals surface area (Å²) in [5.74, 6) is -1.11. The molecule has 0 bridgehead atoms. The molecule has 0 unspecified atom stereocenters. The lowest BCUT2D eigenvalue weighted by Crippen LogP contribution is -2.03. The van der Waals surface area contributed by atoms with Crippen LogP contribution in [-0.4, -0.2) is 11.1 Å². The van der Waals surface area contributed by atoms with Gasteiger partial charge >= 0.3 is 0 Å². The lowest BCUT2D eigenvalue weighted by Gasteiger charge is -2.04. The van der Waals surface area contributed by atoms with Gasteiger partial charge < -0.3 is 0 Å². The predicted molar refractivity (Wildman–Crippen MR) is 62.7 cm³/mol. The van der Waals surface area contributed by atoms with E-state index in [-0.39, 0.29) is 24.2 Å². The van der Waals surface area contributed by atoms with Crippen LogP contribution in [0.15, 0.2) is 18.2 Å². The number of ketones is 1. The molecule has 0 saturated heterocycles. The second-order valence-electron chi connectivity index (χ2n) is 3.53. The van der Waals surface area contributed by atoms with Crippen molar-refractivity contribution in [2.75, 3.05) is 5.33 Å². The molecule has 0 aromatic heterocycles. The van der Waals surface area contributed by atoms with E-state index < -0.39 is 11.6 Å². The second kappa shape index (κ2) is 6.74. The van der Waals surface area contributed by atoms with Gasteiger partial charge in [-0.15, -0.1) is 0 Å². The fourth-order valence-electron chi connectivity index (χ4n) is 1.42. The van der Waals surface area contributed by atoms with E-state index in [2.05, 4.69) is 15.9 Å². The van der Waals surface area contributed by atoms with E-state index in [4.69, 9.17) is 0 Å². The van der Waals surface area contributed by atoms with E-state index in [1.165, 1.54) is 18.2 Å². The summed E-state index contributed by atoms with van der Waals surface area (Å²) >= 11 is 3.22. The normalized spacial score (nSPS) is 10.4. The summed E-state index contributed by atoms with van der Waals surface area (Å²) < 4.78 is 26.4. The van der Waals surface area contributed by atoms with Crippen LogP contribution in [0.1, 0.15) is 24.8 Å². The largest absolute Gasteiger partial charge is 0.300 e. The summed E-state index contributed by atoms with van der Waals surface area (Å²) in [6, 6.07) is 3.74. The Labute approximate surface area is 102 Å². The third kappa shape index (κ3) is 4.00. The Morgan fingerprint density at radius 1 is 1.19 bits per heavy atom. The van der Waals surface area contributed by atoms with Crippen LogP contribution in [0.2, 0.25) is 0 Å². The molecule has 0 spiro atoms. The van der Waals surface area contributed by atoms with Gasteiger partial charge in [0.1, 0.15) is 17.4 Å². The Kier molecular flexibility index (Phi) is 5.60. The molecule has 0 aliphatic heterocycles. The van der Waals surface area contributed by atoms with Gasteiger partial charge in [0.25, 0.3) is 0 Å². The van der Waals surface area contributed by atoms with Gasteiger partial charge in [-0.05, 0) is 25.0 Å². The monoisotopic (exact) mass is 290 g/mol. The van der Waals surface area contributed by atoms with E-state index in [1.807, 2.05) is 0 Å². The molecule has 0 N–H and O–H groups in total. The first-order valence-corrected chi connectivity index (χ1v) is 6.28. The van der Waals surface area contributed by atoms with Gasteiger partial charge in [0.15, 0.2) is 0 Å². The smallest absolute Gasteiger partial charge is 0.133 e. The summed E-state index contributed by atoms with van der Waals surface area (Å²) in [7, 11) is 0. The van der Waals surface area contributed by atoms with Crippen LogP contribution in [0.4, 0.5) is 8.78 Å². The molecule has 0 fully saturated rings. The number of alkyl halides is 1. The highest BCUT2D eigenvalue weighted by molar-refractivity contribution is 9.09. The van der Waals surface area contributed by atoms with Gasteiger partial charge in [-0.2, -0.15) is 0 Å². The maximum Gasteiger partial charge on any atom is 0.133 e. The Hall–Kier alpha value is -0.770. The molecule has 16 heavy (non-hydrogen) atoms. The minimum absolute atomic E-state index is 0.00897. The van der Waals surface area contributed by atoms with Crippen LogP contribution in [0.5, 0.6) is 0 Å². The fourth-order valence-corrected chi connectivity index (χ4v) is 1.70. The zero-order chi connectivity index (χ0) is 12.0. The SMILES string of the molecule is O=C(CCCBr)CCc1c(F)cccc1F. The minimum Gasteiger partial charge on any atom is -0.300 e. The number of carbonyl (C=O) groups excluding carboxylic acids is 1. The van der Waals surface area contributed by atoms with Crippen molar-refractivity contribution in [1.29, 1.82) is 0 Å². The number of halogens is 3. The molecule has 0 aliphatic carbocycles. The molecule has 0 amide bonds. The van der Waals surface area contributed by atoms with Gasteiger partial charge in [0.2, 0.25) is 0 Å². The Balaban J connectivity index is 2.51. The Morgan fingerprint density at radius 3 is 2.38 bits per heavy atom. The van der Waals surface area contributed by atoms with Gasteiger partial charge in [-0.1, -0.05) is 22.0 Å². The molecule has 1 nitrogen and oxygen atoms in total. The third-order valence-corrected chi connectivity index (χ3v) is 2.87. The Morgan fingerprint density at radius 2 is 1.81 bits per heavy atom. The number of rotatable bonds is 6. The number of benzene rings is 1. The molecule has 0 atom stereocenters. The highest BCUT2D eigenvalue weighted by Gasteiger charge is 2.10. The minimum atomic E-state index is -0.576. The summed E-state index contributed by atoms with van der Waals surface area (Å²) in [4.78, 5) is 11.3. The number of hydrogen-bond donors (Lipinski definition) is 0. The highest BCUT2D eigenvalue weighted by Crippen LogP contribution is 2.14. The van der Waals surface area contributed by atoms with Crippen LogP contribution in [0.3, 0.4) is 0 Å². The highest BCUT2D eigenvalue weighted by atomic mass is 79.9. The second-order valence-corrected chi connectivity index (χ2v) is 4.32. The van der Waals surface area contributed by atoms with Crippen LogP contribution in [0, 0.1) is 11.6 Å². The van der Waals surface area contributed by atoms with E-state index in [9.17, 15) is 13.6 Å². The Bertz CT molecular complexity index is 346. The molecule has 88 valence electrons. The molecular weight excluding hydrogens is 278 g/mol. The number of Topliss-reactive ketones (excluding diaryl/α,β-unsaturated/α-hetero) is 1. The maximum absolute atomic E-state index is 13.2. The number of hydrogen-bond acceptors (Lipinski definition) is 1. The standard InChI is InChI=1S/C12H13BrF2O/c13-8-2-3-9(16)6-7-10-11(14)4-1-5-12(10)15/h1,4-5H,2-3,6-8H2. The van der Waals surface area contributed by atoms with Gasteiger partial charge in [-0.25, -0.2) is 8.78 Å². The van der Waals surface area contributed by atoms with Crippen molar-refractivity contribution >= 4 is 21.7 Å². The summed E-state index contributed by atoms with van der Waals surface area (Å²) in [6.45, 7) is 0. The van der Waals surface area contributed by atoms with Gasteiger partial charge in [0.05, 0.1) is 0 Å². The zero-order valence-electron chi connectivity index (χ0n) is 8.81. The van der Waals surface area contributed by atoms with Crippen molar-refractivity contribution in [3.63, 3.8) is 0 Å². The van der Waals surface area contributed by atoms with Crippen molar-refractivity contribution in [2.45, 2.75) is 25.7 Å². The molecule has 1 aromatic rings. The first kappa shape index (κ1) is 13.3. The molecule has 4 heteroatoms. The lowest BCUT2D eigenvalue weighted by atomic mass is 10.0. The number of carbonyl (C=O) groups is 1. The maximum atomic E-state index is 13.2. The molecule has 1 aromatic carbocycles. The quantitative estimate of drug-likeness (QED) is 0.731. The van der Waals surface area contributed by atoms with Crippen molar-refractivity contribution in [1.82, 2.24) is 0 Å². The van der Waals surface area contributed by atoms with E-state index in [1.54, 1.807) is 0 Å². The average Bonchev–Trinajstić information content (AvgIpc) is 2.25. The van der Waals surface area contributed by atoms with Crippen molar-refractivity contribution < 1.29 is 13.6 Å². The summed E-state index contributed by atoms with van der Waals surface area (Å²) in [5.41, 5.74) is 0.00897. The first-order chi connectivity index (χ1) is 7.65. The average molecular weight is 291 g/mol. The van der Waals surface area contributed by atoms with Gasteiger partial charge in [-0.3, -0.25) is 4.79 Å². The molecule has 0 saturated carbocycles. The van der Waals surface area contributed by atoms with E-state index >= 15 is 0 Å². The van der Waals surface area contributed by atoms with Crippen molar-refractivity contribution in [3.8, 4) is 0 Å². The topological polar surface area (TPSA) is 17.1 Å². The first-order valence-electron chi connectivity index (χ1n) is 5.15. The molecule has 0 radical (unpaired) electrons. The van der Waals surface area contributed by atoms with E-state index in [0.29, 0.717) is 6.42 Å².